The van der Waals surface area contributed by atoms with E-state index in [0.717, 1.165) is 16.9 Å². The Kier molecular flexibility index (Phi) is 7.75. The van der Waals surface area contributed by atoms with Crippen molar-refractivity contribution in [1.29, 1.82) is 0 Å². The second kappa shape index (κ2) is 10.3. The molecule has 0 bridgehead atoms. The summed E-state index contributed by atoms with van der Waals surface area (Å²) in [6, 6.07) is 5.29. The van der Waals surface area contributed by atoms with Crippen molar-refractivity contribution in [3.8, 4) is 17.1 Å². The van der Waals surface area contributed by atoms with Gasteiger partial charge in [-0.15, -0.1) is 10.2 Å². The highest BCUT2D eigenvalue weighted by Gasteiger charge is 2.20. The normalized spacial score (nSPS) is 10.8. The summed E-state index contributed by atoms with van der Waals surface area (Å²) < 4.78 is 7.32. The number of aryl methyl sites for hydroxylation is 1. The summed E-state index contributed by atoms with van der Waals surface area (Å²) in [6.45, 7) is 4.31. The second-order valence-electron chi connectivity index (χ2n) is 6.87. The van der Waals surface area contributed by atoms with Gasteiger partial charge >= 0.3 is 0 Å². The van der Waals surface area contributed by atoms with Crippen LogP contribution in [0.3, 0.4) is 0 Å². The molecule has 9 nitrogen and oxygen atoms in total. The summed E-state index contributed by atoms with van der Waals surface area (Å²) in [7, 11) is 4.93. The van der Waals surface area contributed by atoms with E-state index in [4.69, 9.17) is 16.3 Å². The molecular weight excluding hydrogens is 472 g/mol. The molecule has 3 aromatic rings. The van der Waals surface area contributed by atoms with Crippen LogP contribution in [0.1, 0.15) is 22.3 Å². The van der Waals surface area contributed by atoms with Crippen LogP contribution in [0, 0.1) is 6.92 Å². The average Bonchev–Trinajstić information content (AvgIpc) is 3.33. The second-order valence-corrected chi connectivity index (χ2v) is 9.24. The smallest absolute Gasteiger partial charge is 0.265 e. The highest BCUT2D eigenvalue weighted by Crippen LogP contribution is 2.33. The molecular formula is C20H23ClN6O3S2. The Bertz CT molecular complexity index is 1140. The third kappa shape index (κ3) is 5.22. The number of thioether (sulfide) groups is 1. The van der Waals surface area contributed by atoms with Gasteiger partial charge in [0.1, 0.15) is 10.6 Å². The van der Waals surface area contributed by atoms with E-state index < -0.39 is 0 Å². The zero-order valence-electron chi connectivity index (χ0n) is 18.3. The molecule has 2 amide bonds. The zero-order chi connectivity index (χ0) is 23.4. The first kappa shape index (κ1) is 24.0. The lowest BCUT2D eigenvalue weighted by Crippen LogP contribution is -2.21. The Hall–Kier alpha value is -2.63. The summed E-state index contributed by atoms with van der Waals surface area (Å²) in [5, 5.41) is 12.8. The number of methoxy groups -OCH3 is 1. The van der Waals surface area contributed by atoms with E-state index in [1.165, 1.54) is 16.7 Å². The minimum atomic E-state index is -0.250. The molecule has 0 aliphatic heterocycles. The van der Waals surface area contributed by atoms with Gasteiger partial charge in [-0.05, 0) is 32.0 Å². The summed E-state index contributed by atoms with van der Waals surface area (Å²) in [4.78, 5) is 30.9. The number of thiazole rings is 1. The van der Waals surface area contributed by atoms with Gasteiger partial charge in [0.05, 0.1) is 24.1 Å². The highest BCUT2D eigenvalue weighted by atomic mass is 35.5. The summed E-state index contributed by atoms with van der Waals surface area (Å²) in [5.41, 5.74) is 1.31. The van der Waals surface area contributed by atoms with Crippen molar-refractivity contribution in [3.05, 3.63) is 33.8 Å². The van der Waals surface area contributed by atoms with Crippen molar-refractivity contribution in [3.63, 3.8) is 0 Å². The third-order valence-corrected chi connectivity index (χ3v) is 6.67. The van der Waals surface area contributed by atoms with E-state index in [1.807, 2.05) is 11.5 Å². The molecule has 1 N–H and O–H groups in total. The molecule has 0 radical (unpaired) electrons. The van der Waals surface area contributed by atoms with Crippen molar-refractivity contribution in [2.24, 2.45) is 0 Å². The number of halogens is 1. The van der Waals surface area contributed by atoms with Gasteiger partial charge in [0.25, 0.3) is 5.91 Å². The fourth-order valence-corrected chi connectivity index (χ4v) is 4.85. The molecule has 1 aromatic carbocycles. The van der Waals surface area contributed by atoms with Gasteiger partial charge < -0.3 is 19.5 Å². The Morgan fingerprint density at radius 3 is 2.72 bits per heavy atom. The molecule has 12 heteroatoms. The maximum atomic E-state index is 12.5. The highest BCUT2D eigenvalue weighted by molar-refractivity contribution is 7.99. The topological polar surface area (TPSA) is 102 Å². The molecule has 2 aromatic heterocycles. The van der Waals surface area contributed by atoms with Crippen molar-refractivity contribution < 1.29 is 14.3 Å². The Balaban J connectivity index is 1.72. The molecule has 0 fully saturated rings. The number of hydrogen-bond acceptors (Lipinski definition) is 8. The molecule has 2 heterocycles. The Labute approximate surface area is 199 Å². The zero-order valence-corrected chi connectivity index (χ0v) is 20.7. The Morgan fingerprint density at radius 2 is 2.06 bits per heavy atom. The lowest BCUT2D eigenvalue weighted by atomic mass is 10.2. The van der Waals surface area contributed by atoms with Crippen molar-refractivity contribution in [1.82, 2.24) is 24.6 Å². The molecule has 0 aliphatic rings. The fourth-order valence-electron chi connectivity index (χ4n) is 2.87. The number of anilines is 1. The molecule has 0 spiro atoms. The minimum absolute atomic E-state index is 0.112. The maximum absolute atomic E-state index is 12.5. The molecule has 3 rings (SSSR count). The van der Waals surface area contributed by atoms with Crippen molar-refractivity contribution in [2.75, 3.05) is 32.3 Å². The number of aromatic nitrogens is 4. The predicted octanol–water partition coefficient (Wildman–Crippen LogP) is 3.82. The standard InChI is InChI=1S/C20H23ClN6O3S2/c1-6-27-17(13-9-12(21)7-8-14(13)30-5)24-25-20(27)31-10-15(28)23-19-22-11(2)16(32-19)18(29)26(3)4/h7-9H,6,10H2,1-5H3,(H,22,23,28). The average molecular weight is 495 g/mol. The van der Waals surface area contributed by atoms with Gasteiger partial charge in [0.15, 0.2) is 16.1 Å². The van der Waals surface area contributed by atoms with Crippen LogP contribution in [0.2, 0.25) is 5.02 Å². The third-order valence-electron chi connectivity index (χ3n) is 4.41. The lowest BCUT2D eigenvalue weighted by molar-refractivity contribution is -0.113. The number of ether oxygens (including phenoxy) is 1. The number of hydrogen-bond donors (Lipinski definition) is 1. The molecule has 170 valence electrons. The van der Waals surface area contributed by atoms with Crippen LogP contribution < -0.4 is 10.1 Å². The van der Waals surface area contributed by atoms with Crippen LogP contribution in [0.5, 0.6) is 5.75 Å². The largest absolute Gasteiger partial charge is 0.496 e. The number of nitrogens with zero attached hydrogens (tertiary/aromatic N) is 5. The predicted molar refractivity (Wildman–Crippen MR) is 127 cm³/mol. The number of rotatable bonds is 8. The van der Waals surface area contributed by atoms with E-state index in [0.29, 0.717) is 44.0 Å². The van der Waals surface area contributed by atoms with Gasteiger partial charge in [0.2, 0.25) is 5.91 Å². The van der Waals surface area contributed by atoms with Crippen LogP contribution in [0.15, 0.2) is 23.4 Å². The van der Waals surface area contributed by atoms with Gasteiger partial charge in [-0.25, -0.2) is 4.98 Å². The van der Waals surface area contributed by atoms with Crippen molar-refractivity contribution >= 4 is 51.6 Å². The first-order chi connectivity index (χ1) is 15.2. The van der Waals surface area contributed by atoms with Crippen LogP contribution in [0.4, 0.5) is 5.13 Å². The molecule has 0 unspecified atom stereocenters. The van der Waals surface area contributed by atoms with Gasteiger partial charge in [0, 0.05) is 25.7 Å². The summed E-state index contributed by atoms with van der Waals surface area (Å²) in [5.74, 6) is 0.959. The number of nitrogens with one attached hydrogen (secondary N) is 1. The molecule has 0 saturated carbocycles. The van der Waals surface area contributed by atoms with E-state index >= 15 is 0 Å². The van der Waals surface area contributed by atoms with E-state index in [1.54, 1.807) is 46.3 Å². The molecule has 0 aliphatic carbocycles. The first-order valence-electron chi connectivity index (χ1n) is 9.64. The van der Waals surface area contributed by atoms with E-state index in [2.05, 4.69) is 20.5 Å². The van der Waals surface area contributed by atoms with E-state index in [-0.39, 0.29) is 17.6 Å². The van der Waals surface area contributed by atoms with Crippen LogP contribution in [-0.4, -0.2) is 63.4 Å². The minimum Gasteiger partial charge on any atom is -0.496 e. The fraction of sp³-hybridized carbons (Fsp3) is 0.350. The van der Waals surface area contributed by atoms with Gasteiger partial charge in [-0.1, -0.05) is 34.7 Å². The molecule has 0 atom stereocenters. The number of carbonyl (C=O) groups excluding carboxylic acids is 2. The monoisotopic (exact) mass is 494 g/mol. The lowest BCUT2D eigenvalue weighted by Gasteiger charge is -2.11. The van der Waals surface area contributed by atoms with Gasteiger partial charge in [-0.2, -0.15) is 0 Å². The van der Waals surface area contributed by atoms with Crippen LogP contribution in [-0.2, 0) is 11.3 Å². The molecule has 0 saturated heterocycles. The quantitative estimate of drug-likeness (QED) is 0.475. The molecule has 32 heavy (non-hydrogen) atoms. The SMILES string of the molecule is CCn1c(SCC(=O)Nc2nc(C)c(C(=O)N(C)C)s2)nnc1-c1cc(Cl)ccc1OC. The first-order valence-corrected chi connectivity index (χ1v) is 11.8. The van der Waals surface area contributed by atoms with Gasteiger partial charge in [-0.3, -0.25) is 9.59 Å². The van der Waals surface area contributed by atoms with Crippen molar-refractivity contribution in [2.45, 2.75) is 25.5 Å². The summed E-state index contributed by atoms with van der Waals surface area (Å²) in [6.07, 6.45) is 0. The Morgan fingerprint density at radius 1 is 1.31 bits per heavy atom. The van der Waals surface area contributed by atoms with E-state index in [9.17, 15) is 9.59 Å². The number of amides is 2. The van der Waals surface area contributed by atoms with Crippen LogP contribution in [0.25, 0.3) is 11.4 Å². The summed E-state index contributed by atoms with van der Waals surface area (Å²) >= 11 is 8.57. The maximum Gasteiger partial charge on any atom is 0.265 e. The van der Waals surface area contributed by atoms with Crippen LogP contribution >= 0.6 is 34.7 Å². The number of carbonyl (C=O) groups is 2. The number of benzene rings is 1.